The number of carbonyl (C=O) groups excluding carboxylic acids is 1. The van der Waals surface area contributed by atoms with Crippen LogP contribution in [-0.4, -0.2) is 51.0 Å². The van der Waals surface area contributed by atoms with E-state index in [-0.39, 0.29) is 23.7 Å². The van der Waals surface area contributed by atoms with Crippen molar-refractivity contribution in [3.8, 4) is 11.5 Å². The standard InChI is InChI=1S/C22H24Cl2N2O5S/c23-18-6-5-15(11-19(18)24)14-32(28,29)26-9-7-16(8-10-26)22(27)25-12-17-13-30-20-3-1-2-4-21(20)31-17/h1-6,11,16-17H,7-10,12-14H2,(H,25,27). The Hall–Kier alpha value is -2.00. The maximum atomic E-state index is 12.8. The molecular weight excluding hydrogens is 475 g/mol. The topological polar surface area (TPSA) is 84.9 Å². The van der Waals surface area contributed by atoms with E-state index in [2.05, 4.69) is 5.32 Å². The van der Waals surface area contributed by atoms with E-state index in [0.717, 1.165) is 0 Å². The van der Waals surface area contributed by atoms with Gasteiger partial charge < -0.3 is 14.8 Å². The summed E-state index contributed by atoms with van der Waals surface area (Å²) in [6.07, 6.45) is 0.676. The van der Waals surface area contributed by atoms with Gasteiger partial charge in [0.1, 0.15) is 12.7 Å². The van der Waals surface area contributed by atoms with Crippen molar-refractivity contribution in [1.82, 2.24) is 9.62 Å². The molecule has 1 amide bonds. The van der Waals surface area contributed by atoms with Crippen molar-refractivity contribution in [2.45, 2.75) is 24.7 Å². The number of hydrogen-bond acceptors (Lipinski definition) is 5. The molecule has 4 rings (SSSR count). The Morgan fingerprint density at radius 3 is 2.50 bits per heavy atom. The van der Waals surface area contributed by atoms with E-state index in [9.17, 15) is 13.2 Å². The molecule has 7 nitrogen and oxygen atoms in total. The molecular formula is C22H24Cl2N2O5S. The molecule has 0 radical (unpaired) electrons. The SMILES string of the molecule is O=C(NCC1COc2ccccc2O1)C1CCN(S(=O)(=O)Cc2ccc(Cl)c(Cl)c2)CC1. The van der Waals surface area contributed by atoms with Crippen LogP contribution in [0.3, 0.4) is 0 Å². The number of hydrogen-bond donors (Lipinski definition) is 1. The molecule has 0 bridgehead atoms. The first-order chi connectivity index (χ1) is 15.3. The van der Waals surface area contributed by atoms with Crippen molar-refractivity contribution in [2.24, 2.45) is 5.92 Å². The average molecular weight is 499 g/mol. The number of nitrogens with zero attached hydrogens (tertiary/aromatic N) is 1. The molecule has 0 spiro atoms. The summed E-state index contributed by atoms with van der Waals surface area (Å²) in [5.74, 6) is 0.890. The van der Waals surface area contributed by atoms with Crippen molar-refractivity contribution in [2.75, 3.05) is 26.2 Å². The van der Waals surface area contributed by atoms with Crippen molar-refractivity contribution in [1.29, 1.82) is 0 Å². The maximum Gasteiger partial charge on any atom is 0.223 e. The number of rotatable bonds is 6. The molecule has 0 saturated carbocycles. The van der Waals surface area contributed by atoms with Crippen LogP contribution in [0.1, 0.15) is 18.4 Å². The monoisotopic (exact) mass is 498 g/mol. The number of fused-ring (bicyclic) bond motifs is 1. The van der Waals surface area contributed by atoms with Gasteiger partial charge in [0, 0.05) is 19.0 Å². The lowest BCUT2D eigenvalue weighted by Crippen LogP contribution is -2.46. The molecule has 2 heterocycles. The number of sulfonamides is 1. The minimum Gasteiger partial charge on any atom is -0.486 e. The Bertz CT molecular complexity index is 1090. The molecule has 0 aromatic heterocycles. The highest BCUT2D eigenvalue weighted by molar-refractivity contribution is 7.88. The minimum atomic E-state index is -3.51. The summed E-state index contributed by atoms with van der Waals surface area (Å²) < 4.78 is 38.5. The van der Waals surface area contributed by atoms with E-state index in [1.165, 1.54) is 4.31 Å². The summed E-state index contributed by atoms with van der Waals surface area (Å²) in [6, 6.07) is 12.2. The van der Waals surface area contributed by atoms with Crippen LogP contribution < -0.4 is 14.8 Å². The Labute approximate surface area is 197 Å². The van der Waals surface area contributed by atoms with E-state index < -0.39 is 10.0 Å². The van der Waals surface area contributed by atoms with E-state index in [1.807, 2.05) is 24.3 Å². The van der Waals surface area contributed by atoms with E-state index in [0.29, 0.717) is 66.2 Å². The van der Waals surface area contributed by atoms with Gasteiger partial charge in [-0.3, -0.25) is 4.79 Å². The average Bonchev–Trinajstić information content (AvgIpc) is 2.79. The van der Waals surface area contributed by atoms with Gasteiger partial charge in [-0.2, -0.15) is 0 Å². The molecule has 1 unspecified atom stereocenters. The largest absolute Gasteiger partial charge is 0.486 e. The second kappa shape index (κ2) is 9.87. The number of nitrogens with one attached hydrogen (secondary N) is 1. The minimum absolute atomic E-state index is 0.0889. The molecule has 2 aromatic rings. The van der Waals surface area contributed by atoms with Gasteiger partial charge in [-0.05, 0) is 42.7 Å². The molecule has 10 heteroatoms. The summed E-state index contributed by atoms with van der Waals surface area (Å²) in [5.41, 5.74) is 0.579. The van der Waals surface area contributed by atoms with Gasteiger partial charge in [-0.1, -0.05) is 41.4 Å². The lowest BCUT2D eigenvalue weighted by Gasteiger charge is -2.31. The number of para-hydroxylation sites is 2. The highest BCUT2D eigenvalue weighted by atomic mass is 35.5. The van der Waals surface area contributed by atoms with E-state index in [4.69, 9.17) is 32.7 Å². The molecule has 1 saturated heterocycles. The molecule has 1 N–H and O–H groups in total. The van der Waals surface area contributed by atoms with Gasteiger partial charge in [0.25, 0.3) is 0 Å². The first kappa shape index (κ1) is 23.2. The summed E-state index contributed by atoms with van der Waals surface area (Å²) in [5, 5.41) is 3.63. The van der Waals surface area contributed by atoms with E-state index in [1.54, 1.807) is 18.2 Å². The molecule has 172 valence electrons. The van der Waals surface area contributed by atoms with Crippen LogP contribution in [-0.2, 0) is 20.6 Å². The van der Waals surface area contributed by atoms with Gasteiger partial charge in [-0.25, -0.2) is 12.7 Å². The lowest BCUT2D eigenvalue weighted by molar-refractivity contribution is -0.126. The third-order valence-corrected chi connectivity index (χ3v) is 8.21. The lowest BCUT2D eigenvalue weighted by atomic mass is 9.97. The number of halogens is 2. The second-order valence-corrected chi connectivity index (χ2v) is 10.7. The van der Waals surface area contributed by atoms with Crippen molar-refractivity contribution >= 4 is 39.1 Å². The number of piperidine rings is 1. The molecule has 32 heavy (non-hydrogen) atoms. The van der Waals surface area contributed by atoms with Crippen LogP contribution >= 0.6 is 23.2 Å². The third kappa shape index (κ3) is 5.49. The number of amides is 1. The van der Waals surface area contributed by atoms with Crippen LogP contribution in [0, 0.1) is 5.92 Å². The Morgan fingerprint density at radius 1 is 1.06 bits per heavy atom. The highest BCUT2D eigenvalue weighted by Gasteiger charge is 2.32. The zero-order chi connectivity index (χ0) is 22.7. The first-order valence-corrected chi connectivity index (χ1v) is 12.8. The molecule has 0 aliphatic carbocycles. The van der Waals surface area contributed by atoms with Gasteiger partial charge in [-0.15, -0.1) is 0 Å². The first-order valence-electron chi connectivity index (χ1n) is 10.4. The maximum absolute atomic E-state index is 12.8. The zero-order valence-corrected chi connectivity index (χ0v) is 19.6. The van der Waals surface area contributed by atoms with Crippen LogP contribution in [0.15, 0.2) is 42.5 Å². The van der Waals surface area contributed by atoms with Crippen molar-refractivity contribution in [3.63, 3.8) is 0 Å². The number of benzene rings is 2. The smallest absolute Gasteiger partial charge is 0.223 e. The molecule has 1 atom stereocenters. The fraction of sp³-hybridized carbons (Fsp3) is 0.409. The predicted molar refractivity (Wildman–Crippen MR) is 123 cm³/mol. The van der Waals surface area contributed by atoms with Gasteiger partial charge in [0.15, 0.2) is 11.5 Å². The van der Waals surface area contributed by atoms with Crippen LogP contribution in [0.25, 0.3) is 0 Å². The summed E-state index contributed by atoms with van der Waals surface area (Å²) in [6.45, 7) is 1.31. The van der Waals surface area contributed by atoms with Crippen LogP contribution in [0.4, 0.5) is 0 Å². The number of carbonyl (C=O) groups is 1. The van der Waals surface area contributed by atoms with Crippen LogP contribution in [0.2, 0.25) is 10.0 Å². The quantitative estimate of drug-likeness (QED) is 0.658. The summed E-state index contributed by atoms with van der Waals surface area (Å²) >= 11 is 11.9. The van der Waals surface area contributed by atoms with E-state index >= 15 is 0 Å². The fourth-order valence-electron chi connectivity index (χ4n) is 3.85. The van der Waals surface area contributed by atoms with Gasteiger partial charge in [0.05, 0.1) is 22.3 Å². The Kier molecular flexibility index (Phi) is 7.14. The highest BCUT2D eigenvalue weighted by Crippen LogP contribution is 2.31. The second-order valence-electron chi connectivity index (χ2n) is 7.92. The predicted octanol–water partition coefficient (Wildman–Crippen LogP) is 3.49. The Balaban J connectivity index is 1.25. The zero-order valence-electron chi connectivity index (χ0n) is 17.3. The normalized spacial score (nSPS) is 19.5. The Morgan fingerprint density at radius 2 is 1.78 bits per heavy atom. The van der Waals surface area contributed by atoms with Crippen molar-refractivity contribution in [3.05, 3.63) is 58.1 Å². The van der Waals surface area contributed by atoms with Gasteiger partial charge >= 0.3 is 0 Å². The summed E-state index contributed by atoms with van der Waals surface area (Å²) in [4.78, 5) is 12.6. The molecule has 2 aliphatic rings. The fourth-order valence-corrected chi connectivity index (χ4v) is 5.72. The molecule has 2 aliphatic heterocycles. The van der Waals surface area contributed by atoms with Gasteiger partial charge in [0.2, 0.25) is 15.9 Å². The van der Waals surface area contributed by atoms with Crippen molar-refractivity contribution < 1.29 is 22.7 Å². The molecule has 1 fully saturated rings. The number of ether oxygens (including phenoxy) is 2. The molecule has 2 aromatic carbocycles. The summed E-state index contributed by atoms with van der Waals surface area (Å²) in [7, 11) is -3.51. The third-order valence-electron chi connectivity index (χ3n) is 5.62. The van der Waals surface area contributed by atoms with Crippen LogP contribution in [0.5, 0.6) is 11.5 Å².